The molecule has 0 aliphatic carbocycles. The maximum atomic E-state index is 12.0. The number of esters is 1. The highest BCUT2D eigenvalue weighted by Gasteiger charge is 2.14. The Morgan fingerprint density at radius 1 is 1.39 bits per heavy atom. The molecule has 23 heavy (non-hydrogen) atoms. The number of para-hydroxylation sites is 2. The third-order valence-corrected chi connectivity index (χ3v) is 4.35. The number of amides is 1. The zero-order valence-electron chi connectivity index (χ0n) is 13.5. The third kappa shape index (κ3) is 4.48. The minimum atomic E-state index is -0.335. The van der Waals surface area contributed by atoms with Crippen molar-refractivity contribution in [1.82, 2.24) is 14.9 Å². The monoisotopic (exact) mass is 335 g/mol. The van der Waals surface area contributed by atoms with Crippen LogP contribution < -0.4 is 5.32 Å². The second kappa shape index (κ2) is 8.01. The Kier molecular flexibility index (Phi) is 6.04. The maximum absolute atomic E-state index is 12.0. The largest absolute Gasteiger partial charge is 0.469 e. The van der Waals surface area contributed by atoms with E-state index in [4.69, 9.17) is 0 Å². The minimum absolute atomic E-state index is 0.124. The van der Waals surface area contributed by atoms with Gasteiger partial charge >= 0.3 is 5.97 Å². The Bertz CT molecular complexity index is 699. The number of nitrogens with zero attached hydrogens (tertiary/aromatic N) is 2. The summed E-state index contributed by atoms with van der Waals surface area (Å²) in [5.41, 5.74) is 1.99. The van der Waals surface area contributed by atoms with E-state index in [1.807, 2.05) is 24.3 Å². The van der Waals surface area contributed by atoms with Crippen molar-refractivity contribution in [2.24, 2.45) is 0 Å². The van der Waals surface area contributed by atoms with Gasteiger partial charge in [-0.3, -0.25) is 9.59 Å². The zero-order valence-corrected chi connectivity index (χ0v) is 14.4. The number of carbonyl (C=O) groups excluding carboxylic acids is 2. The lowest BCUT2D eigenvalue weighted by Crippen LogP contribution is -2.35. The molecular weight excluding hydrogens is 314 g/mol. The van der Waals surface area contributed by atoms with E-state index < -0.39 is 0 Å². The van der Waals surface area contributed by atoms with Crippen LogP contribution in [-0.2, 0) is 20.9 Å². The lowest BCUT2D eigenvalue weighted by atomic mass is 10.2. The number of rotatable bonds is 7. The van der Waals surface area contributed by atoms with Gasteiger partial charge in [-0.1, -0.05) is 23.9 Å². The van der Waals surface area contributed by atoms with Gasteiger partial charge in [0.2, 0.25) is 5.91 Å². The fourth-order valence-corrected chi connectivity index (χ4v) is 3.19. The Hall–Kier alpha value is -2.02. The van der Waals surface area contributed by atoms with Crippen LogP contribution in [0, 0.1) is 0 Å². The molecule has 0 bridgehead atoms. The lowest BCUT2D eigenvalue weighted by Gasteiger charge is -2.12. The number of aromatic nitrogens is 2. The first-order valence-electron chi connectivity index (χ1n) is 7.49. The first-order chi connectivity index (χ1) is 11.0. The van der Waals surface area contributed by atoms with Gasteiger partial charge < -0.3 is 14.6 Å². The smallest absolute Gasteiger partial charge is 0.307 e. The molecule has 1 N–H and O–H groups in total. The fourth-order valence-electron chi connectivity index (χ4n) is 2.30. The van der Waals surface area contributed by atoms with Crippen molar-refractivity contribution in [2.45, 2.75) is 38.0 Å². The van der Waals surface area contributed by atoms with Crippen LogP contribution >= 0.6 is 11.8 Å². The van der Waals surface area contributed by atoms with Crippen molar-refractivity contribution in [3.8, 4) is 0 Å². The molecule has 124 valence electrons. The van der Waals surface area contributed by atoms with E-state index in [0.29, 0.717) is 0 Å². The fraction of sp³-hybridized carbons (Fsp3) is 0.438. The van der Waals surface area contributed by atoms with Crippen molar-refractivity contribution in [3.63, 3.8) is 0 Å². The first kappa shape index (κ1) is 17.3. The van der Waals surface area contributed by atoms with Gasteiger partial charge in [0.05, 0.1) is 30.3 Å². The summed E-state index contributed by atoms with van der Waals surface area (Å²) in [6.07, 6.45) is 0.167. The molecule has 1 heterocycles. The standard InChI is InChI=1S/C16H21N3O3S/c1-4-19-13-8-6-5-7-12(13)18-16(19)23-10-14(20)17-11(2)9-15(21)22-3/h5-8,11H,4,9-10H2,1-3H3,(H,17,20). The lowest BCUT2D eigenvalue weighted by molar-refractivity contribution is -0.141. The van der Waals surface area contributed by atoms with Crippen LogP contribution in [0.1, 0.15) is 20.3 Å². The molecule has 0 saturated heterocycles. The quantitative estimate of drug-likeness (QED) is 0.620. The SMILES string of the molecule is CCn1c(SCC(=O)NC(C)CC(=O)OC)nc2ccccc21. The van der Waals surface area contributed by atoms with Crippen LogP contribution in [0.2, 0.25) is 0 Å². The van der Waals surface area contributed by atoms with Crippen molar-refractivity contribution in [2.75, 3.05) is 12.9 Å². The van der Waals surface area contributed by atoms with Crippen LogP contribution in [-0.4, -0.2) is 40.3 Å². The van der Waals surface area contributed by atoms with Gasteiger partial charge in [-0.05, 0) is 26.0 Å². The normalized spacial score (nSPS) is 12.1. The molecule has 7 heteroatoms. The number of hydrogen-bond acceptors (Lipinski definition) is 5. The molecule has 0 radical (unpaired) electrons. The number of methoxy groups -OCH3 is 1. The van der Waals surface area contributed by atoms with E-state index in [2.05, 4.69) is 26.5 Å². The number of thioether (sulfide) groups is 1. The van der Waals surface area contributed by atoms with Crippen LogP contribution in [0.3, 0.4) is 0 Å². The second-order valence-electron chi connectivity index (χ2n) is 5.16. The van der Waals surface area contributed by atoms with E-state index in [1.54, 1.807) is 6.92 Å². The van der Waals surface area contributed by atoms with Crippen LogP contribution in [0.25, 0.3) is 11.0 Å². The Labute approximate surface area is 139 Å². The molecule has 1 atom stereocenters. The molecule has 1 amide bonds. The van der Waals surface area contributed by atoms with Gasteiger partial charge in [0.25, 0.3) is 0 Å². The number of fused-ring (bicyclic) bond motifs is 1. The van der Waals surface area contributed by atoms with Gasteiger partial charge in [0.1, 0.15) is 0 Å². The summed E-state index contributed by atoms with van der Waals surface area (Å²) in [4.78, 5) is 27.7. The number of imidazole rings is 1. The topological polar surface area (TPSA) is 73.2 Å². The molecule has 1 aromatic carbocycles. The molecule has 0 fully saturated rings. The maximum Gasteiger partial charge on any atom is 0.307 e. The van der Waals surface area contributed by atoms with E-state index in [1.165, 1.54) is 18.9 Å². The van der Waals surface area contributed by atoms with Gasteiger partial charge in [-0.15, -0.1) is 0 Å². The number of hydrogen-bond donors (Lipinski definition) is 1. The highest BCUT2D eigenvalue weighted by molar-refractivity contribution is 7.99. The molecule has 2 rings (SSSR count). The van der Waals surface area contributed by atoms with Gasteiger partial charge in [0, 0.05) is 12.6 Å². The average Bonchev–Trinajstić information content (AvgIpc) is 2.90. The Morgan fingerprint density at radius 3 is 2.83 bits per heavy atom. The number of aryl methyl sites for hydroxylation is 1. The van der Waals surface area contributed by atoms with Crippen LogP contribution in [0.5, 0.6) is 0 Å². The number of benzene rings is 1. The highest BCUT2D eigenvalue weighted by Crippen LogP contribution is 2.23. The third-order valence-electron chi connectivity index (χ3n) is 3.38. The molecule has 1 aromatic heterocycles. The molecule has 0 spiro atoms. The van der Waals surface area contributed by atoms with Crippen molar-refractivity contribution in [3.05, 3.63) is 24.3 Å². The number of carbonyl (C=O) groups is 2. The Balaban J connectivity index is 1.95. The second-order valence-corrected chi connectivity index (χ2v) is 6.11. The van der Waals surface area contributed by atoms with Crippen molar-refractivity contribution in [1.29, 1.82) is 0 Å². The van der Waals surface area contributed by atoms with Crippen LogP contribution in [0.15, 0.2) is 29.4 Å². The predicted octanol–water partition coefficient (Wildman–Crippen LogP) is 2.22. The van der Waals surface area contributed by atoms with E-state index >= 15 is 0 Å². The summed E-state index contributed by atoms with van der Waals surface area (Å²) >= 11 is 1.40. The summed E-state index contributed by atoms with van der Waals surface area (Å²) in [5, 5.41) is 3.61. The summed E-state index contributed by atoms with van der Waals surface area (Å²) in [5.74, 6) is -0.200. The number of nitrogens with one attached hydrogen (secondary N) is 1. The summed E-state index contributed by atoms with van der Waals surface area (Å²) in [6, 6.07) is 7.66. The van der Waals surface area contributed by atoms with Crippen LogP contribution in [0.4, 0.5) is 0 Å². The summed E-state index contributed by atoms with van der Waals surface area (Å²) in [7, 11) is 1.34. The summed E-state index contributed by atoms with van der Waals surface area (Å²) < 4.78 is 6.68. The molecule has 6 nitrogen and oxygen atoms in total. The highest BCUT2D eigenvalue weighted by atomic mass is 32.2. The summed E-state index contributed by atoms with van der Waals surface area (Å²) in [6.45, 7) is 4.63. The minimum Gasteiger partial charge on any atom is -0.469 e. The van der Waals surface area contributed by atoms with Gasteiger partial charge in [0.15, 0.2) is 5.16 Å². The van der Waals surface area contributed by atoms with Crippen molar-refractivity contribution < 1.29 is 14.3 Å². The molecule has 0 saturated carbocycles. The molecule has 0 aliphatic rings. The average molecular weight is 335 g/mol. The molecule has 0 aliphatic heterocycles. The van der Waals surface area contributed by atoms with E-state index in [0.717, 1.165) is 22.7 Å². The van der Waals surface area contributed by atoms with E-state index in [-0.39, 0.29) is 30.1 Å². The Morgan fingerprint density at radius 2 is 2.13 bits per heavy atom. The molecule has 2 aromatic rings. The first-order valence-corrected chi connectivity index (χ1v) is 8.48. The van der Waals surface area contributed by atoms with Gasteiger partial charge in [-0.2, -0.15) is 0 Å². The zero-order chi connectivity index (χ0) is 16.8. The number of ether oxygens (including phenoxy) is 1. The van der Waals surface area contributed by atoms with Gasteiger partial charge in [-0.25, -0.2) is 4.98 Å². The van der Waals surface area contributed by atoms with E-state index in [9.17, 15) is 9.59 Å². The van der Waals surface area contributed by atoms with Crippen molar-refractivity contribution >= 4 is 34.7 Å². The molecular formula is C16H21N3O3S. The molecule has 1 unspecified atom stereocenters. The predicted molar refractivity (Wildman–Crippen MR) is 90.4 cm³/mol.